The number of halogens is 1. The summed E-state index contributed by atoms with van der Waals surface area (Å²) >= 11 is 0. The fourth-order valence-electron chi connectivity index (χ4n) is 6.14. The fraction of sp³-hybridized carbons (Fsp3) is 0.333. The van der Waals surface area contributed by atoms with Gasteiger partial charge in [0.15, 0.2) is 5.78 Å². The van der Waals surface area contributed by atoms with E-state index < -0.39 is 0 Å². The Balaban J connectivity index is 0.00000312. The molecule has 0 saturated heterocycles. The van der Waals surface area contributed by atoms with Gasteiger partial charge in [0.1, 0.15) is 0 Å². The number of ether oxygens (including phenoxy) is 2. The van der Waals surface area contributed by atoms with E-state index in [1.807, 2.05) is 39.8 Å². The molecule has 0 amide bonds. The first-order valence-corrected chi connectivity index (χ1v) is 15.1. The second-order valence-electron chi connectivity index (χ2n) is 11.6. The van der Waals surface area contributed by atoms with E-state index in [1.54, 1.807) is 12.2 Å². The number of esters is 2. The zero-order chi connectivity index (χ0) is 33.4. The van der Waals surface area contributed by atoms with Crippen LogP contribution < -0.4 is 33.2 Å². The molecule has 1 aromatic heterocycles. The predicted molar refractivity (Wildman–Crippen MR) is 174 cm³/mol. The van der Waals surface area contributed by atoms with Crippen molar-refractivity contribution in [1.82, 2.24) is 4.98 Å². The van der Waals surface area contributed by atoms with Crippen LogP contribution in [0.5, 0.6) is 0 Å². The molecule has 0 unspecified atom stereocenters. The van der Waals surface area contributed by atoms with Crippen LogP contribution in [0, 0.1) is 6.92 Å². The molecule has 1 radical (unpaired) electrons. The smallest absolute Gasteiger partial charge is 1.00 e. The van der Waals surface area contributed by atoms with Gasteiger partial charge < -0.3 is 32.0 Å². The SMILES string of the molecule is COC(=O)CCC1=C(C)C2=CC3=NC(=C(C)/C3=C(\C)[O-])C=C3N=C(C=c4[n-]c(c(CCC(=O)OC)c4C)=CC1=N2)C(C)=C3C(C)=O.[Cl-].[Fe+3]. The minimum absolute atomic E-state index is 0. The molecule has 1 aromatic rings. The molecule has 8 bridgehead atoms. The topological polar surface area (TPSA) is 144 Å². The third-order valence-corrected chi connectivity index (χ3v) is 8.70. The summed E-state index contributed by atoms with van der Waals surface area (Å²) in [4.78, 5) is 56.8. The van der Waals surface area contributed by atoms with E-state index in [-0.39, 0.29) is 65.8 Å². The van der Waals surface area contributed by atoms with Crippen molar-refractivity contribution >= 4 is 47.0 Å². The van der Waals surface area contributed by atoms with Crippen LogP contribution in [0.3, 0.4) is 0 Å². The quantitative estimate of drug-likeness (QED) is 0.218. The van der Waals surface area contributed by atoms with Crippen LogP contribution in [0.4, 0.5) is 0 Å². The van der Waals surface area contributed by atoms with E-state index in [9.17, 15) is 19.5 Å². The zero-order valence-corrected chi connectivity index (χ0v) is 30.0. The van der Waals surface area contributed by atoms with Crippen LogP contribution in [-0.2, 0) is 47.3 Å². The van der Waals surface area contributed by atoms with Gasteiger partial charge in [-0.3, -0.25) is 14.4 Å². The predicted octanol–water partition coefficient (Wildman–Crippen LogP) is -0.151. The van der Waals surface area contributed by atoms with Crippen LogP contribution in [0.1, 0.15) is 65.0 Å². The summed E-state index contributed by atoms with van der Waals surface area (Å²) < 4.78 is 9.82. The van der Waals surface area contributed by atoms with Gasteiger partial charge in [-0.1, -0.05) is 30.2 Å². The van der Waals surface area contributed by atoms with Gasteiger partial charge in [-0.25, -0.2) is 15.0 Å². The van der Waals surface area contributed by atoms with E-state index in [2.05, 4.69) is 0 Å². The molecular weight excluding hydrogens is 676 g/mol. The molecule has 0 spiro atoms. The summed E-state index contributed by atoms with van der Waals surface area (Å²) in [6.07, 6.45) is 8.31. The number of aromatic nitrogens is 1. The van der Waals surface area contributed by atoms with Gasteiger partial charge >= 0.3 is 29.0 Å². The Kier molecular flexibility index (Phi) is 12.1. The maximum absolute atomic E-state index is 12.9. The van der Waals surface area contributed by atoms with Crippen LogP contribution in [0.2, 0.25) is 0 Å². The molecule has 10 nitrogen and oxygen atoms in total. The molecule has 0 fully saturated rings. The summed E-state index contributed by atoms with van der Waals surface area (Å²) in [7, 11) is 2.71. The second-order valence-corrected chi connectivity index (χ2v) is 11.6. The van der Waals surface area contributed by atoms with Crippen LogP contribution in [0.25, 0.3) is 12.2 Å². The average Bonchev–Trinajstić information content (AvgIpc) is 3.67. The largest absolute Gasteiger partial charge is 3.00 e. The molecule has 0 N–H and O–H groups in total. The number of methoxy groups -OCH3 is 2. The molecule has 12 heteroatoms. The maximum atomic E-state index is 12.9. The van der Waals surface area contributed by atoms with Gasteiger partial charge in [-0.05, 0) is 87.5 Å². The molecule has 4 aliphatic heterocycles. The van der Waals surface area contributed by atoms with Gasteiger partial charge in [0.05, 0.1) is 48.4 Å². The van der Waals surface area contributed by atoms with Crippen LogP contribution >= 0.6 is 0 Å². The Morgan fingerprint density at radius 1 is 0.750 bits per heavy atom. The summed E-state index contributed by atoms with van der Waals surface area (Å²) in [6, 6.07) is 0. The van der Waals surface area contributed by atoms with Crippen molar-refractivity contribution in [2.24, 2.45) is 15.0 Å². The minimum Gasteiger partial charge on any atom is -1.00 e. The van der Waals surface area contributed by atoms with Crippen molar-refractivity contribution < 1.29 is 58.4 Å². The molecule has 48 heavy (non-hydrogen) atoms. The fourth-order valence-corrected chi connectivity index (χ4v) is 6.14. The normalized spacial score (nSPS) is 17.6. The van der Waals surface area contributed by atoms with Crippen LogP contribution in [0.15, 0.2) is 83.4 Å². The first kappa shape index (κ1) is 38.1. The Labute approximate surface area is 296 Å². The third-order valence-electron chi connectivity index (χ3n) is 8.70. The third kappa shape index (κ3) is 7.23. The number of allylic oxidation sites excluding steroid dienone is 9. The first-order valence-electron chi connectivity index (χ1n) is 15.1. The van der Waals surface area contributed by atoms with Crippen molar-refractivity contribution in [3.63, 3.8) is 0 Å². The number of ketones is 1. The standard InChI is InChI=1S/C36H38N4O6.ClH.Fe/c1-17-23(9-11-33(43)45-7)29-16-30-24(10-12-34(44)46-8)18(2)26(38-30)14-31-36(22(6)42)20(4)28(40-31)15-32-35(21(5)41)19(3)27(39-32)13-25(17)37-29;;/h13-16H,9-12H2,1-8H3,(H2,37,38,39,40,41,42);1H;/q;;+3/p-3. The summed E-state index contributed by atoms with van der Waals surface area (Å²) in [5, 5.41) is 14.2. The Hall–Kier alpha value is -4.31. The van der Waals surface area contributed by atoms with Crippen molar-refractivity contribution in [2.45, 2.75) is 67.2 Å². The maximum Gasteiger partial charge on any atom is 3.00 e. The number of rotatable bonds is 7. The number of carbonyl (C=O) groups excluding carboxylic acids is 3. The van der Waals surface area contributed by atoms with E-state index in [4.69, 9.17) is 29.4 Å². The summed E-state index contributed by atoms with van der Waals surface area (Å²) in [5.74, 6) is -0.976. The first-order chi connectivity index (χ1) is 21.8. The van der Waals surface area contributed by atoms with E-state index in [0.29, 0.717) is 80.1 Å². The number of hydrogen-bond acceptors (Lipinski definition) is 9. The molecule has 0 aliphatic carbocycles. The van der Waals surface area contributed by atoms with Crippen molar-refractivity contribution in [3.8, 4) is 0 Å². The molecule has 5 heterocycles. The Morgan fingerprint density at radius 2 is 1.35 bits per heavy atom. The summed E-state index contributed by atoms with van der Waals surface area (Å²) in [6.45, 7) is 10.5. The number of carbonyl (C=O) groups is 3. The molecule has 0 aromatic carbocycles. The Bertz CT molecular complexity index is 2030. The van der Waals surface area contributed by atoms with Gasteiger partial charge in [-0.2, -0.15) is 0 Å². The monoisotopic (exact) mass is 711 g/mol. The molecular formula is C36H36ClFeN4O6. The van der Waals surface area contributed by atoms with E-state index in [0.717, 1.165) is 22.3 Å². The molecule has 251 valence electrons. The summed E-state index contributed by atoms with van der Waals surface area (Å²) in [5.41, 5.74) is 8.97. The van der Waals surface area contributed by atoms with Gasteiger partial charge in [0.25, 0.3) is 0 Å². The zero-order valence-electron chi connectivity index (χ0n) is 28.1. The molecule has 5 rings (SSSR count). The Morgan fingerprint density at radius 3 is 1.96 bits per heavy atom. The number of fused-ring (bicyclic) bond motifs is 5. The molecule has 0 saturated carbocycles. The van der Waals surface area contributed by atoms with Gasteiger partial charge in [0.2, 0.25) is 0 Å². The van der Waals surface area contributed by atoms with Crippen LogP contribution in [-0.4, -0.2) is 49.1 Å². The van der Waals surface area contributed by atoms with Crippen molar-refractivity contribution in [2.75, 3.05) is 14.2 Å². The van der Waals surface area contributed by atoms with Crippen molar-refractivity contribution in [1.29, 1.82) is 0 Å². The number of Topliss-reactive ketones (excluding diaryl/α,β-unsaturated/α-hetero) is 1. The van der Waals surface area contributed by atoms with Gasteiger partial charge in [0, 0.05) is 18.4 Å². The molecule has 0 atom stereocenters. The van der Waals surface area contributed by atoms with Gasteiger partial charge in [-0.15, -0.1) is 16.5 Å². The number of nitrogens with zero attached hydrogens (tertiary/aromatic N) is 4. The number of aliphatic imine (C=N–C) groups is 3. The molecule has 4 aliphatic rings. The second kappa shape index (κ2) is 15.3. The van der Waals surface area contributed by atoms with E-state index in [1.165, 1.54) is 28.1 Å². The average molecular weight is 712 g/mol. The van der Waals surface area contributed by atoms with Crippen molar-refractivity contribution in [3.05, 3.63) is 90.3 Å². The number of hydrogen-bond donors (Lipinski definition) is 0. The minimum atomic E-state index is -0.345. The van der Waals surface area contributed by atoms with E-state index >= 15 is 0 Å².